The highest BCUT2D eigenvalue weighted by molar-refractivity contribution is 7.13. The van der Waals surface area contributed by atoms with E-state index in [4.69, 9.17) is 0 Å². The summed E-state index contributed by atoms with van der Waals surface area (Å²) in [4.78, 5) is 27.9. The zero-order chi connectivity index (χ0) is 18.5. The average molecular weight is 370 g/mol. The van der Waals surface area contributed by atoms with Crippen molar-refractivity contribution < 1.29 is 14.0 Å². The number of anilines is 2. The average Bonchev–Trinajstić information content (AvgIpc) is 3.14. The number of benzene rings is 2. The Kier molecular flexibility index (Phi) is 5.23. The fourth-order valence-electron chi connectivity index (χ4n) is 2.13. The lowest BCUT2D eigenvalue weighted by molar-refractivity contribution is 0.102. The molecule has 0 saturated heterocycles. The fourth-order valence-corrected chi connectivity index (χ4v) is 2.93. The molecule has 0 saturated carbocycles. The first kappa shape index (κ1) is 17.6. The standard InChI is InChI=1S/C18H15FN4O2S/c1-20-18(25)22-14-8-6-13(7-9-14)21-16(24)15-10-26-17(23-15)11-2-4-12(19)5-3-11/h2-10H,1H3,(H,21,24)(H2,20,22,25). The predicted molar refractivity (Wildman–Crippen MR) is 100.0 cm³/mol. The summed E-state index contributed by atoms with van der Waals surface area (Å²) in [6.45, 7) is 0. The lowest BCUT2D eigenvalue weighted by Crippen LogP contribution is -2.24. The lowest BCUT2D eigenvalue weighted by atomic mass is 10.2. The van der Waals surface area contributed by atoms with Gasteiger partial charge in [-0.1, -0.05) is 0 Å². The second-order valence-corrected chi connectivity index (χ2v) is 6.14. The molecular weight excluding hydrogens is 355 g/mol. The Morgan fingerprint density at radius 2 is 1.58 bits per heavy atom. The number of nitrogens with zero attached hydrogens (tertiary/aromatic N) is 1. The second-order valence-electron chi connectivity index (χ2n) is 5.28. The smallest absolute Gasteiger partial charge is 0.318 e. The molecule has 0 aliphatic rings. The molecule has 8 heteroatoms. The molecule has 26 heavy (non-hydrogen) atoms. The molecular formula is C18H15FN4O2S. The summed E-state index contributed by atoms with van der Waals surface area (Å²) in [7, 11) is 1.53. The maximum Gasteiger partial charge on any atom is 0.318 e. The SMILES string of the molecule is CNC(=O)Nc1ccc(NC(=O)c2csc(-c3ccc(F)cc3)n2)cc1. The van der Waals surface area contributed by atoms with Crippen LogP contribution in [0.1, 0.15) is 10.5 Å². The third kappa shape index (κ3) is 4.22. The Hall–Kier alpha value is -3.26. The largest absolute Gasteiger partial charge is 0.341 e. The van der Waals surface area contributed by atoms with Crippen LogP contribution in [0.5, 0.6) is 0 Å². The summed E-state index contributed by atoms with van der Waals surface area (Å²) in [6.07, 6.45) is 0. The first-order valence-electron chi connectivity index (χ1n) is 7.67. The molecule has 6 nitrogen and oxygen atoms in total. The van der Waals surface area contributed by atoms with Crippen LogP contribution in [-0.4, -0.2) is 24.0 Å². The molecule has 0 spiro atoms. The third-order valence-electron chi connectivity index (χ3n) is 3.46. The van der Waals surface area contributed by atoms with Crippen LogP contribution < -0.4 is 16.0 Å². The van der Waals surface area contributed by atoms with Crippen molar-refractivity contribution in [2.24, 2.45) is 0 Å². The van der Waals surface area contributed by atoms with Gasteiger partial charge in [0.2, 0.25) is 0 Å². The predicted octanol–water partition coefficient (Wildman–Crippen LogP) is 3.95. The highest BCUT2D eigenvalue weighted by Crippen LogP contribution is 2.24. The van der Waals surface area contributed by atoms with Gasteiger partial charge in [-0.2, -0.15) is 0 Å². The van der Waals surface area contributed by atoms with E-state index < -0.39 is 0 Å². The van der Waals surface area contributed by atoms with Gasteiger partial charge in [-0.15, -0.1) is 11.3 Å². The van der Waals surface area contributed by atoms with Gasteiger partial charge < -0.3 is 16.0 Å². The van der Waals surface area contributed by atoms with E-state index in [-0.39, 0.29) is 23.4 Å². The highest BCUT2D eigenvalue weighted by atomic mass is 32.1. The number of carbonyl (C=O) groups excluding carboxylic acids is 2. The number of carbonyl (C=O) groups is 2. The van der Waals surface area contributed by atoms with Crippen LogP contribution in [0.4, 0.5) is 20.6 Å². The maximum absolute atomic E-state index is 13.0. The number of hydrogen-bond donors (Lipinski definition) is 3. The van der Waals surface area contributed by atoms with Crippen LogP contribution >= 0.6 is 11.3 Å². The summed E-state index contributed by atoms with van der Waals surface area (Å²) >= 11 is 1.31. The molecule has 3 rings (SSSR count). The number of amides is 3. The van der Waals surface area contributed by atoms with Crippen LogP contribution in [0, 0.1) is 5.82 Å². The Morgan fingerprint density at radius 1 is 0.962 bits per heavy atom. The minimum atomic E-state index is -0.346. The summed E-state index contributed by atoms with van der Waals surface area (Å²) in [5.41, 5.74) is 2.21. The number of nitrogens with one attached hydrogen (secondary N) is 3. The van der Waals surface area contributed by atoms with Gasteiger partial charge in [-0.25, -0.2) is 14.2 Å². The lowest BCUT2D eigenvalue weighted by Gasteiger charge is -2.06. The van der Waals surface area contributed by atoms with Crippen molar-refractivity contribution >= 4 is 34.6 Å². The van der Waals surface area contributed by atoms with Crippen LogP contribution in [0.15, 0.2) is 53.9 Å². The van der Waals surface area contributed by atoms with Crippen LogP contribution in [0.25, 0.3) is 10.6 Å². The molecule has 3 amide bonds. The van der Waals surface area contributed by atoms with Crippen LogP contribution in [0.2, 0.25) is 0 Å². The van der Waals surface area contributed by atoms with Gasteiger partial charge in [-0.3, -0.25) is 4.79 Å². The fraction of sp³-hybridized carbons (Fsp3) is 0.0556. The molecule has 2 aromatic carbocycles. The monoisotopic (exact) mass is 370 g/mol. The van der Waals surface area contributed by atoms with E-state index in [1.807, 2.05) is 0 Å². The number of urea groups is 1. The van der Waals surface area contributed by atoms with Crippen LogP contribution in [0.3, 0.4) is 0 Å². The Balaban J connectivity index is 1.66. The van der Waals surface area contributed by atoms with E-state index in [9.17, 15) is 14.0 Å². The quantitative estimate of drug-likeness (QED) is 0.650. The molecule has 1 aromatic heterocycles. The molecule has 3 N–H and O–H groups in total. The van der Waals surface area contributed by atoms with E-state index >= 15 is 0 Å². The number of rotatable bonds is 4. The van der Waals surface area contributed by atoms with E-state index in [0.717, 1.165) is 5.56 Å². The van der Waals surface area contributed by atoms with Gasteiger partial charge in [0.15, 0.2) is 0 Å². The van der Waals surface area contributed by atoms with Gasteiger partial charge in [0, 0.05) is 29.4 Å². The zero-order valence-corrected chi connectivity index (χ0v) is 14.6. The topological polar surface area (TPSA) is 83.1 Å². The molecule has 0 aliphatic carbocycles. The molecule has 132 valence electrons. The van der Waals surface area contributed by atoms with Crippen LogP contribution in [-0.2, 0) is 0 Å². The number of thiazole rings is 1. The molecule has 0 unspecified atom stereocenters. The minimum Gasteiger partial charge on any atom is -0.341 e. The normalized spacial score (nSPS) is 10.2. The molecule has 0 fully saturated rings. The van der Waals surface area contributed by atoms with E-state index in [1.165, 1.54) is 30.5 Å². The molecule has 0 radical (unpaired) electrons. The van der Waals surface area contributed by atoms with Gasteiger partial charge in [0.05, 0.1) is 0 Å². The first-order valence-corrected chi connectivity index (χ1v) is 8.55. The second kappa shape index (κ2) is 7.75. The van der Waals surface area contributed by atoms with Crippen molar-refractivity contribution in [3.8, 4) is 10.6 Å². The van der Waals surface area contributed by atoms with Gasteiger partial charge in [0.25, 0.3) is 5.91 Å². The van der Waals surface area contributed by atoms with Gasteiger partial charge >= 0.3 is 6.03 Å². The van der Waals surface area contributed by atoms with Gasteiger partial charge in [-0.05, 0) is 48.5 Å². The van der Waals surface area contributed by atoms with E-state index in [0.29, 0.717) is 16.4 Å². The molecule has 0 atom stereocenters. The summed E-state index contributed by atoms with van der Waals surface area (Å²) in [5.74, 6) is -0.667. The zero-order valence-electron chi connectivity index (χ0n) is 13.7. The van der Waals surface area contributed by atoms with Crippen molar-refractivity contribution in [1.29, 1.82) is 0 Å². The van der Waals surface area contributed by atoms with Crippen molar-refractivity contribution in [1.82, 2.24) is 10.3 Å². The van der Waals surface area contributed by atoms with Crippen molar-refractivity contribution in [3.63, 3.8) is 0 Å². The molecule has 0 bridgehead atoms. The van der Waals surface area contributed by atoms with E-state index in [2.05, 4.69) is 20.9 Å². The summed E-state index contributed by atoms with van der Waals surface area (Å²) in [6, 6.07) is 12.3. The Labute approximate surface area is 153 Å². The van der Waals surface area contributed by atoms with Crippen molar-refractivity contribution in [3.05, 3.63) is 65.4 Å². The summed E-state index contributed by atoms with van der Waals surface area (Å²) in [5, 5.41) is 10.1. The molecule has 0 aliphatic heterocycles. The maximum atomic E-state index is 13.0. The van der Waals surface area contributed by atoms with Crippen molar-refractivity contribution in [2.75, 3.05) is 17.7 Å². The Bertz CT molecular complexity index is 923. The molecule has 1 heterocycles. The van der Waals surface area contributed by atoms with Gasteiger partial charge in [0.1, 0.15) is 16.5 Å². The number of halogens is 1. The third-order valence-corrected chi connectivity index (χ3v) is 4.35. The number of hydrogen-bond acceptors (Lipinski definition) is 4. The molecule has 3 aromatic rings. The highest BCUT2D eigenvalue weighted by Gasteiger charge is 2.12. The Morgan fingerprint density at radius 3 is 2.19 bits per heavy atom. The number of aromatic nitrogens is 1. The first-order chi connectivity index (χ1) is 12.5. The minimum absolute atomic E-state index is 0.280. The van der Waals surface area contributed by atoms with E-state index in [1.54, 1.807) is 41.8 Å². The summed E-state index contributed by atoms with van der Waals surface area (Å²) < 4.78 is 13.0. The van der Waals surface area contributed by atoms with Crippen molar-refractivity contribution in [2.45, 2.75) is 0 Å².